The van der Waals surface area contributed by atoms with Crippen molar-refractivity contribution in [3.63, 3.8) is 0 Å². The summed E-state index contributed by atoms with van der Waals surface area (Å²) in [5.41, 5.74) is 1.26. The zero-order valence-electron chi connectivity index (χ0n) is 15.8. The molecule has 1 aliphatic carbocycles. The number of carbonyl (C=O) groups excluding carboxylic acids is 1. The Morgan fingerprint density at radius 1 is 1.50 bits per heavy atom. The fourth-order valence-corrected chi connectivity index (χ4v) is 4.29. The number of hydrogen-bond donors (Lipinski definition) is 1. The maximum atomic E-state index is 12.0. The maximum Gasteiger partial charge on any atom is 0.407 e. The third kappa shape index (κ3) is 3.69. The van der Waals surface area contributed by atoms with E-state index in [4.69, 9.17) is 9.47 Å². The molecule has 2 bridgehead atoms. The molecule has 1 heterocycles. The van der Waals surface area contributed by atoms with Gasteiger partial charge in [0.25, 0.3) is 0 Å². The van der Waals surface area contributed by atoms with E-state index in [1.807, 2.05) is 6.92 Å². The highest BCUT2D eigenvalue weighted by molar-refractivity contribution is 5.67. The van der Waals surface area contributed by atoms with Crippen LogP contribution >= 0.6 is 0 Å². The normalized spacial score (nSPS) is 35.6. The minimum Gasteiger partial charge on any atom is -0.449 e. The molecule has 5 atom stereocenters. The number of allylic oxidation sites excluding steroid dienone is 2. The molecule has 0 saturated carbocycles. The smallest absolute Gasteiger partial charge is 0.407 e. The van der Waals surface area contributed by atoms with Gasteiger partial charge in [0.2, 0.25) is 0 Å². The summed E-state index contributed by atoms with van der Waals surface area (Å²) >= 11 is 0. The third-order valence-corrected chi connectivity index (χ3v) is 5.94. The molecule has 2 rings (SSSR count). The maximum absolute atomic E-state index is 12.0. The van der Waals surface area contributed by atoms with Gasteiger partial charge in [0.15, 0.2) is 0 Å². The van der Waals surface area contributed by atoms with Crippen LogP contribution in [0.25, 0.3) is 0 Å². The summed E-state index contributed by atoms with van der Waals surface area (Å²) in [6, 6.07) is 0. The molecule has 24 heavy (non-hydrogen) atoms. The Hall–Kier alpha value is -1.29. The lowest BCUT2D eigenvalue weighted by Crippen LogP contribution is -2.56. The average molecular weight is 335 g/mol. The van der Waals surface area contributed by atoms with E-state index >= 15 is 0 Å². The lowest BCUT2D eigenvalue weighted by molar-refractivity contribution is -0.149. The van der Waals surface area contributed by atoms with Crippen LogP contribution in [-0.2, 0) is 9.47 Å². The van der Waals surface area contributed by atoms with Crippen molar-refractivity contribution in [2.24, 2.45) is 23.2 Å². The zero-order valence-corrected chi connectivity index (χ0v) is 15.8. The van der Waals surface area contributed by atoms with Crippen LogP contribution in [0.4, 0.5) is 4.79 Å². The molecular weight excluding hydrogens is 302 g/mol. The van der Waals surface area contributed by atoms with Gasteiger partial charge in [0.05, 0.1) is 12.7 Å². The molecule has 4 heteroatoms. The molecule has 0 aromatic carbocycles. The molecule has 1 amide bonds. The second-order valence-corrected chi connectivity index (χ2v) is 7.40. The third-order valence-electron chi connectivity index (χ3n) is 5.94. The lowest BCUT2D eigenvalue weighted by atomic mass is 9.56. The van der Waals surface area contributed by atoms with Crippen molar-refractivity contribution < 1.29 is 14.3 Å². The molecule has 1 aliphatic heterocycles. The molecule has 1 fully saturated rings. The lowest BCUT2D eigenvalue weighted by Gasteiger charge is -2.54. The van der Waals surface area contributed by atoms with Gasteiger partial charge in [-0.05, 0) is 32.1 Å². The van der Waals surface area contributed by atoms with E-state index < -0.39 is 0 Å². The van der Waals surface area contributed by atoms with E-state index in [1.165, 1.54) is 5.57 Å². The topological polar surface area (TPSA) is 47.6 Å². The molecule has 1 N–H and O–H groups in total. The van der Waals surface area contributed by atoms with Gasteiger partial charge in [0, 0.05) is 17.9 Å². The van der Waals surface area contributed by atoms with Gasteiger partial charge in [-0.25, -0.2) is 4.79 Å². The molecule has 3 unspecified atom stereocenters. The van der Waals surface area contributed by atoms with Gasteiger partial charge < -0.3 is 14.8 Å². The van der Waals surface area contributed by atoms with Crippen LogP contribution in [0.1, 0.15) is 47.5 Å². The highest BCUT2D eigenvalue weighted by Gasteiger charge is 2.53. The minimum absolute atomic E-state index is 0.125. The summed E-state index contributed by atoms with van der Waals surface area (Å²) in [5.74, 6) is 1.10. The Morgan fingerprint density at radius 2 is 2.25 bits per heavy atom. The first kappa shape index (κ1) is 19.0. The molecule has 1 saturated heterocycles. The molecular formula is C20H33NO3. The second kappa shape index (κ2) is 8.19. The number of fused-ring (bicyclic) bond motifs is 2. The van der Waals surface area contributed by atoms with Crippen LogP contribution in [0.5, 0.6) is 0 Å². The molecule has 136 valence electrons. The van der Waals surface area contributed by atoms with Crippen LogP contribution < -0.4 is 5.32 Å². The van der Waals surface area contributed by atoms with E-state index in [0.717, 1.165) is 12.8 Å². The van der Waals surface area contributed by atoms with Gasteiger partial charge in [0.1, 0.15) is 6.61 Å². The highest BCUT2D eigenvalue weighted by atomic mass is 16.6. The second-order valence-electron chi connectivity index (χ2n) is 7.40. The first-order valence-electron chi connectivity index (χ1n) is 9.29. The number of amides is 1. The van der Waals surface area contributed by atoms with Gasteiger partial charge in [-0.1, -0.05) is 51.0 Å². The molecule has 2 aliphatic rings. The summed E-state index contributed by atoms with van der Waals surface area (Å²) < 4.78 is 11.8. The van der Waals surface area contributed by atoms with Gasteiger partial charge in [-0.2, -0.15) is 0 Å². The molecule has 0 aromatic heterocycles. The average Bonchev–Trinajstić information content (AvgIpc) is 2.53. The summed E-state index contributed by atoms with van der Waals surface area (Å²) in [5, 5.41) is 2.83. The molecule has 0 aromatic rings. The van der Waals surface area contributed by atoms with Gasteiger partial charge in [-0.15, -0.1) is 0 Å². The van der Waals surface area contributed by atoms with E-state index in [-0.39, 0.29) is 17.6 Å². The van der Waals surface area contributed by atoms with E-state index in [0.29, 0.717) is 37.5 Å². The van der Waals surface area contributed by atoms with Gasteiger partial charge >= 0.3 is 6.09 Å². The van der Waals surface area contributed by atoms with E-state index in [2.05, 4.69) is 51.2 Å². The minimum atomic E-state index is -0.310. The first-order valence-corrected chi connectivity index (χ1v) is 9.29. The van der Waals surface area contributed by atoms with Crippen molar-refractivity contribution >= 4 is 6.09 Å². The standard InChI is InChI=1S/C20H33NO3/c1-6-8-10-21-19(22)24-13-20-12-23-17(9-7-2)18(16(20)5)14(3)11-15(20)4/h7,9,11,15-18H,6,8,10,12-13H2,1-5H3,(H,21,22)/b9-7+/t15?,16-,17?,18?,20+/m0/s1. The van der Waals surface area contributed by atoms with Crippen LogP contribution in [0.3, 0.4) is 0 Å². The quantitative estimate of drug-likeness (QED) is 0.581. The summed E-state index contributed by atoms with van der Waals surface area (Å²) in [4.78, 5) is 12.0. The van der Waals surface area contributed by atoms with E-state index in [9.17, 15) is 4.79 Å². The van der Waals surface area contributed by atoms with Crippen molar-refractivity contribution in [3.05, 3.63) is 23.8 Å². The van der Waals surface area contributed by atoms with Crippen molar-refractivity contribution in [2.75, 3.05) is 19.8 Å². The molecule has 0 spiro atoms. The number of alkyl carbamates (subject to hydrolysis) is 1. The fraction of sp³-hybridized carbons (Fsp3) is 0.750. The summed E-state index contributed by atoms with van der Waals surface area (Å²) in [7, 11) is 0. The Balaban J connectivity index is 2.09. The number of hydrogen-bond acceptors (Lipinski definition) is 3. The number of unbranched alkanes of at least 4 members (excludes halogenated alkanes) is 1. The molecule has 4 nitrogen and oxygen atoms in total. The highest BCUT2D eigenvalue weighted by Crippen LogP contribution is 2.52. The monoisotopic (exact) mass is 335 g/mol. The van der Waals surface area contributed by atoms with Crippen molar-refractivity contribution in [3.8, 4) is 0 Å². The van der Waals surface area contributed by atoms with Crippen molar-refractivity contribution in [1.29, 1.82) is 0 Å². The fourth-order valence-electron chi connectivity index (χ4n) is 4.29. The van der Waals surface area contributed by atoms with Crippen LogP contribution in [0.15, 0.2) is 23.8 Å². The summed E-state index contributed by atoms with van der Waals surface area (Å²) in [6.07, 6.45) is 8.41. The number of nitrogens with one attached hydrogen (secondary N) is 1. The van der Waals surface area contributed by atoms with Gasteiger partial charge in [-0.3, -0.25) is 0 Å². The van der Waals surface area contributed by atoms with Crippen LogP contribution in [0, 0.1) is 23.2 Å². The zero-order chi connectivity index (χ0) is 17.7. The Morgan fingerprint density at radius 3 is 2.92 bits per heavy atom. The van der Waals surface area contributed by atoms with Crippen molar-refractivity contribution in [1.82, 2.24) is 5.32 Å². The van der Waals surface area contributed by atoms with Crippen LogP contribution in [-0.4, -0.2) is 32.0 Å². The van der Waals surface area contributed by atoms with E-state index in [1.54, 1.807) is 0 Å². The Kier molecular flexibility index (Phi) is 6.50. The predicted octanol–water partition coefficient (Wildman–Crippen LogP) is 4.32. The largest absolute Gasteiger partial charge is 0.449 e. The summed E-state index contributed by atoms with van der Waals surface area (Å²) in [6.45, 7) is 12.6. The number of rotatable bonds is 6. The number of carbonyl (C=O) groups is 1. The van der Waals surface area contributed by atoms with Crippen molar-refractivity contribution in [2.45, 2.75) is 53.6 Å². The Bertz CT molecular complexity index is 499. The first-order chi connectivity index (χ1) is 11.5. The molecule has 0 radical (unpaired) electrons. The number of ether oxygens (including phenoxy) is 2. The predicted molar refractivity (Wildman–Crippen MR) is 96.8 cm³/mol. The SMILES string of the molecule is C/C=C/C1OC[C@@]2(COC(=O)NCCCC)C(C)C=C(C)C1[C@@H]2C. The van der Waals surface area contributed by atoms with Crippen LogP contribution in [0.2, 0.25) is 0 Å². The Labute approximate surface area is 146 Å².